The summed E-state index contributed by atoms with van der Waals surface area (Å²) in [7, 11) is 0. The van der Waals surface area contributed by atoms with E-state index in [4.69, 9.17) is 5.73 Å². The Bertz CT molecular complexity index is 87.8. The van der Waals surface area contributed by atoms with Crippen molar-refractivity contribution in [3.05, 3.63) is 0 Å². The third-order valence-electron chi connectivity index (χ3n) is 0.992. The van der Waals surface area contributed by atoms with Crippen molar-refractivity contribution in [2.45, 2.75) is 26.2 Å². The molecule has 0 amide bonds. The fourth-order valence-electron chi connectivity index (χ4n) is 0.525. The van der Waals surface area contributed by atoms with Gasteiger partial charge in [0.2, 0.25) is 0 Å². The summed E-state index contributed by atoms with van der Waals surface area (Å²) >= 11 is 6.27. The van der Waals surface area contributed by atoms with E-state index in [1.165, 1.54) is 19.3 Å². The molecule has 0 heterocycles. The zero-order valence-electron chi connectivity index (χ0n) is 6.08. The number of thiocarbonyl (C=S) groups is 1. The Morgan fingerprint density at radius 1 is 1.50 bits per heavy atom. The Balaban J connectivity index is 0. The maximum atomic E-state index is 5.27. The Morgan fingerprint density at radius 3 is 2.50 bits per heavy atom. The van der Waals surface area contributed by atoms with Gasteiger partial charge in [0.05, 0.1) is 0 Å². The average Bonchev–Trinajstić information content (AvgIpc) is 1.80. The minimum atomic E-state index is 0. The molecule has 0 saturated heterocycles. The summed E-state index contributed by atoms with van der Waals surface area (Å²) in [6, 6.07) is 0. The molecule has 0 spiro atoms. The van der Waals surface area contributed by atoms with Crippen molar-refractivity contribution in [1.82, 2.24) is 0 Å². The van der Waals surface area contributed by atoms with Gasteiger partial charge in [-0.15, -0.1) is 0 Å². The van der Waals surface area contributed by atoms with E-state index in [2.05, 4.69) is 19.1 Å². The first-order valence-electron chi connectivity index (χ1n) is 3.19. The van der Waals surface area contributed by atoms with Gasteiger partial charge >= 0.3 is 0 Å². The summed E-state index contributed by atoms with van der Waals surface area (Å²) in [5.74, 6) is 1.09. The van der Waals surface area contributed by atoms with Crippen LogP contribution in [0.5, 0.6) is 0 Å². The van der Waals surface area contributed by atoms with E-state index in [-0.39, 0.29) is 17.1 Å². The van der Waals surface area contributed by atoms with Gasteiger partial charge in [-0.05, 0) is 6.42 Å². The van der Waals surface area contributed by atoms with Crippen molar-refractivity contribution < 1.29 is 17.1 Å². The Labute approximate surface area is 83.0 Å². The molecule has 0 rings (SSSR count). The summed E-state index contributed by atoms with van der Waals surface area (Å²) in [6.45, 7) is 2.19. The van der Waals surface area contributed by atoms with E-state index >= 15 is 0 Å². The second-order valence-electron chi connectivity index (χ2n) is 1.87. The molecule has 0 aromatic carbocycles. The molecule has 0 aromatic rings. The zero-order chi connectivity index (χ0) is 7.11. The quantitative estimate of drug-likeness (QED) is 0.445. The van der Waals surface area contributed by atoms with Gasteiger partial charge in [-0.3, -0.25) is 0 Å². The number of thioether (sulfide) groups is 1. The first-order chi connectivity index (χ1) is 4.27. The van der Waals surface area contributed by atoms with Crippen LogP contribution in [0.1, 0.15) is 26.2 Å². The van der Waals surface area contributed by atoms with Crippen LogP contribution in [0.15, 0.2) is 0 Å². The molecular weight excluding hydrogens is 206 g/mol. The van der Waals surface area contributed by atoms with E-state index < -0.39 is 0 Å². The van der Waals surface area contributed by atoms with Crippen molar-refractivity contribution in [2.24, 2.45) is 5.73 Å². The van der Waals surface area contributed by atoms with Gasteiger partial charge in [-0.25, -0.2) is 0 Å². The van der Waals surface area contributed by atoms with E-state index in [9.17, 15) is 0 Å². The maximum absolute atomic E-state index is 5.27. The molecule has 4 heteroatoms. The van der Waals surface area contributed by atoms with Crippen LogP contribution in [0.4, 0.5) is 0 Å². The molecule has 1 nitrogen and oxygen atoms in total. The minimum absolute atomic E-state index is 0. The predicted molar refractivity (Wildman–Crippen MR) is 48.8 cm³/mol. The van der Waals surface area contributed by atoms with Crippen LogP contribution < -0.4 is 5.73 Å². The van der Waals surface area contributed by atoms with Crippen molar-refractivity contribution >= 4 is 28.3 Å². The second kappa shape index (κ2) is 9.76. The maximum Gasteiger partial charge on any atom is 0.131 e. The molecular formula is C6H13FeNS2. The first kappa shape index (κ1) is 13.4. The number of hydrogen-bond acceptors (Lipinski definition) is 2. The van der Waals surface area contributed by atoms with E-state index in [1.54, 1.807) is 11.8 Å². The van der Waals surface area contributed by atoms with Gasteiger partial charge in [0.1, 0.15) is 4.32 Å². The molecule has 0 radical (unpaired) electrons. The summed E-state index contributed by atoms with van der Waals surface area (Å²) < 4.78 is 0.575. The summed E-state index contributed by atoms with van der Waals surface area (Å²) in [4.78, 5) is 0. The van der Waals surface area contributed by atoms with Gasteiger partial charge in [0, 0.05) is 22.8 Å². The molecule has 62 valence electrons. The molecule has 2 N–H and O–H groups in total. The van der Waals surface area contributed by atoms with Crippen LogP contribution in [-0.2, 0) is 17.1 Å². The van der Waals surface area contributed by atoms with Gasteiger partial charge in [0.15, 0.2) is 0 Å². The van der Waals surface area contributed by atoms with Crippen molar-refractivity contribution in [2.75, 3.05) is 5.75 Å². The average molecular weight is 219 g/mol. The van der Waals surface area contributed by atoms with Crippen LogP contribution in [0.3, 0.4) is 0 Å². The summed E-state index contributed by atoms with van der Waals surface area (Å²) in [5.41, 5.74) is 5.27. The Kier molecular flexibility index (Phi) is 13.0. The standard InChI is InChI=1S/C6H13NS2.Fe/c1-2-3-4-5-9-6(7)8;/h2-5H2,1H3,(H2,7,8);. The second-order valence-corrected chi connectivity index (χ2v) is 3.71. The molecule has 0 aliphatic heterocycles. The van der Waals surface area contributed by atoms with Crippen LogP contribution in [-0.4, -0.2) is 10.1 Å². The molecule has 0 aliphatic rings. The van der Waals surface area contributed by atoms with Gasteiger partial charge in [-0.1, -0.05) is 43.7 Å². The van der Waals surface area contributed by atoms with Crippen molar-refractivity contribution in [3.8, 4) is 0 Å². The number of hydrogen-bond donors (Lipinski definition) is 1. The summed E-state index contributed by atoms with van der Waals surface area (Å²) in [6.07, 6.45) is 3.78. The number of unbranched alkanes of at least 4 members (excludes halogenated alkanes) is 2. The largest absolute Gasteiger partial charge is 0.385 e. The van der Waals surface area contributed by atoms with Crippen LogP contribution in [0.2, 0.25) is 0 Å². The molecule has 0 fully saturated rings. The number of nitrogens with two attached hydrogens (primary N) is 1. The molecule has 0 atom stereocenters. The SMILES string of the molecule is CCCCCSC(N)=S.[Fe]. The van der Waals surface area contributed by atoms with E-state index in [0.717, 1.165) is 5.75 Å². The van der Waals surface area contributed by atoms with E-state index in [1.807, 2.05) is 0 Å². The third kappa shape index (κ3) is 11.5. The normalized spacial score (nSPS) is 8.50. The van der Waals surface area contributed by atoms with Crippen molar-refractivity contribution in [1.29, 1.82) is 0 Å². The van der Waals surface area contributed by atoms with Crippen LogP contribution in [0, 0.1) is 0 Å². The predicted octanol–water partition coefficient (Wildman–Crippen LogP) is 2.15. The smallest absolute Gasteiger partial charge is 0.131 e. The first-order valence-corrected chi connectivity index (χ1v) is 4.59. The molecule has 0 aromatic heterocycles. The fraction of sp³-hybridized carbons (Fsp3) is 0.833. The molecule has 0 saturated carbocycles. The minimum Gasteiger partial charge on any atom is -0.385 e. The zero-order valence-corrected chi connectivity index (χ0v) is 8.81. The summed E-state index contributed by atoms with van der Waals surface area (Å²) in [5, 5.41) is 0. The van der Waals surface area contributed by atoms with Gasteiger partial charge in [0.25, 0.3) is 0 Å². The van der Waals surface area contributed by atoms with Gasteiger partial charge < -0.3 is 5.73 Å². The molecule has 0 unspecified atom stereocenters. The number of rotatable bonds is 4. The van der Waals surface area contributed by atoms with Crippen LogP contribution >= 0.6 is 24.0 Å². The Morgan fingerprint density at radius 2 is 2.10 bits per heavy atom. The van der Waals surface area contributed by atoms with Gasteiger partial charge in [-0.2, -0.15) is 0 Å². The van der Waals surface area contributed by atoms with E-state index in [0.29, 0.717) is 4.32 Å². The fourth-order valence-corrected chi connectivity index (χ4v) is 1.32. The monoisotopic (exact) mass is 219 g/mol. The Hall–Kier alpha value is 0.759. The molecule has 0 bridgehead atoms. The topological polar surface area (TPSA) is 26.0 Å². The third-order valence-corrected chi connectivity index (χ3v) is 2.12. The van der Waals surface area contributed by atoms with Crippen LogP contribution in [0.25, 0.3) is 0 Å². The molecule has 0 aliphatic carbocycles. The van der Waals surface area contributed by atoms with Crippen molar-refractivity contribution in [3.63, 3.8) is 0 Å². The molecule has 10 heavy (non-hydrogen) atoms.